The van der Waals surface area contributed by atoms with Crippen molar-refractivity contribution < 1.29 is 33.3 Å². The number of amides is 2. The molecule has 3 rings (SSSR count). The van der Waals surface area contributed by atoms with Gasteiger partial charge in [0.1, 0.15) is 5.75 Å². The van der Waals surface area contributed by atoms with E-state index in [0.29, 0.717) is 50.6 Å². The molecule has 0 fully saturated rings. The first-order valence-electron chi connectivity index (χ1n) is 11.8. The van der Waals surface area contributed by atoms with Gasteiger partial charge in [-0.1, -0.05) is 24.3 Å². The molecule has 11 heteroatoms. The molecule has 0 atom stereocenters. The van der Waals surface area contributed by atoms with Crippen LogP contribution in [0, 0.1) is 0 Å². The highest BCUT2D eigenvalue weighted by Gasteiger charge is 2.17. The van der Waals surface area contributed by atoms with Crippen LogP contribution < -0.4 is 29.7 Å². The lowest BCUT2D eigenvalue weighted by molar-refractivity contribution is -0.121. The molecule has 2 N–H and O–H groups in total. The molecule has 10 nitrogen and oxygen atoms in total. The molecular weight excluding hydrogens is 570 g/mol. The van der Waals surface area contributed by atoms with Crippen LogP contribution in [0.15, 0.2) is 70.2 Å². The predicted molar refractivity (Wildman–Crippen MR) is 149 cm³/mol. The van der Waals surface area contributed by atoms with Crippen molar-refractivity contribution in [3.05, 3.63) is 81.8 Å². The topological polar surface area (TPSA) is 125 Å². The molecule has 0 aliphatic rings. The summed E-state index contributed by atoms with van der Waals surface area (Å²) in [6, 6.07) is 16.8. The molecule has 2 amide bonds. The molecule has 3 aromatic carbocycles. The number of hydrogen-bond acceptors (Lipinski definition) is 8. The molecule has 0 unspecified atom stereocenters. The Kier molecular flexibility index (Phi) is 10.9. The van der Waals surface area contributed by atoms with Crippen molar-refractivity contribution in [3.63, 3.8) is 0 Å². The Labute approximate surface area is 234 Å². The molecule has 3 aromatic rings. The molecule has 0 aliphatic heterocycles. The lowest BCUT2D eigenvalue weighted by Gasteiger charge is -2.14. The largest absolute Gasteiger partial charge is 0.493 e. The van der Waals surface area contributed by atoms with E-state index in [2.05, 4.69) is 31.8 Å². The summed E-state index contributed by atoms with van der Waals surface area (Å²) in [5, 5.41) is 6.71. The normalized spacial score (nSPS) is 10.6. The van der Waals surface area contributed by atoms with Crippen LogP contribution in [-0.4, -0.2) is 51.9 Å². The molecule has 0 radical (unpaired) electrons. The number of carbonyl (C=O) groups excluding carboxylic acids is 3. The molecular formula is C28H28BrN3O7. The summed E-state index contributed by atoms with van der Waals surface area (Å²) >= 11 is 3.33. The van der Waals surface area contributed by atoms with Gasteiger partial charge >= 0.3 is 5.97 Å². The number of ether oxygens (including phenoxy) is 4. The van der Waals surface area contributed by atoms with E-state index >= 15 is 0 Å². The van der Waals surface area contributed by atoms with Gasteiger partial charge in [0.05, 0.1) is 33.1 Å². The number of carbonyl (C=O) groups is 3. The minimum Gasteiger partial charge on any atom is -0.493 e. The fraction of sp³-hybridized carbons (Fsp3) is 0.214. The van der Waals surface area contributed by atoms with Crippen molar-refractivity contribution in [1.29, 1.82) is 0 Å². The van der Waals surface area contributed by atoms with Gasteiger partial charge in [-0.2, -0.15) is 5.10 Å². The summed E-state index contributed by atoms with van der Waals surface area (Å²) in [4.78, 5) is 37.0. The average Bonchev–Trinajstić information content (AvgIpc) is 2.94. The summed E-state index contributed by atoms with van der Waals surface area (Å²) in [5.41, 5.74) is 3.82. The highest BCUT2D eigenvalue weighted by atomic mass is 79.9. The fourth-order valence-corrected chi connectivity index (χ4v) is 3.89. The quantitative estimate of drug-likeness (QED) is 0.104. The van der Waals surface area contributed by atoms with Crippen LogP contribution in [0.4, 0.5) is 0 Å². The number of esters is 1. The summed E-state index contributed by atoms with van der Waals surface area (Å²) in [6.07, 6.45) is 1.99. The molecule has 39 heavy (non-hydrogen) atoms. The first-order valence-corrected chi connectivity index (χ1v) is 12.6. The van der Waals surface area contributed by atoms with E-state index in [1.165, 1.54) is 27.5 Å². The molecule has 0 aliphatic carbocycles. The van der Waals surface area contributed by atoms with Gasteiger partial charge in [-0.05, 0) is 64.3 Å². The number of methoxy groups -OCH3 is 3. The molecule has 0 saturated heterocycles. The van der Waals surface area contributed by atoms with Gasteiger partial charge in [0, 0.05) is 23.0 Å². The number of halogens is 1. The third-order valence-electron chi connectivity index (χ3n) is 5.36. The van der Waals surface area contributed by atoms with Gasteiger partial charge in [0.25, 0.3) is 5.91 Å². The maximum Gasteiger partial charge on any atom is 0.344 e. The average molecular weight is 598 g/mol. The Morgan fingerprint density at radius 1 is 0.923 bits per heavy atom. The molecule has 0 bridgehead atoms. The van der Waals surface area contributed by atoms with Crippen LogP contribution in [0.25, 0.3) is 0 Å². The van der Waals surface area contributed by atoms with E-state index in [1.807, 2.05) is 0 Å². The number of rotatable bonds is 12. The van der Waals surface area contributed by atoms with Crippen molar-refractivity contribution in [2.24, 2.45) is 5.10 Å². The van der Waals surface area contributed by atoms with Gasteiger partial charge < -0.3 is 24.3 Å². The SMILES string of the molecule is COc1cc(C(=O)NCCCC(=O)NN=Cc2cccc(OC(=O)c3ccccc3Br)c2)cc(OC)c1OC. The van der Waals surface area contributed by atoms with Crippen molar-refractivity contribution in [2.75, 3.05) is 27.9 Å². The maximum absolute atomic E-state index is 12.5. The Morgan fingerprint density at radius 3 is 2.31 bits per heavy atom. The number of benzene rings is 3. The van der Waals surface area contributed by atoms with Crippen LogP contribution in [0.2, 0.25) is 0 Å². The van der Waals surface area contributed by atoms with Gasteiger partial charge in [-0.15, -0.1) is 0 Å². The fourth-order valence-electron chi connectivity index (χ4n) is 3.45. The number of hydrogen-bond donors (Lipinski definition) is 2. The molecule has 0 saturated carbocycles. The van der Waals surface area contributed by atoms with Crippen LogP contribution in [0.1, 0.15) is 39.1 Å². The van der Waals surface area contributed by atoms with Gasteiger partial charge in [-0.3, -0.25) is 9.59 Å². The van der Waals surface area contributed by atoms with Crippen molar-refractivity contribution in [2.45, 2.75) is 12.8 Å². The zero-order chi connectivity index (χ0) is 28.2. The minimum atomic E-state index is -0.498. The van der Waals surface area contributed by atoms with Gasteiger partial charge in [0.15, 0.2) is 11.5 Å². The first kappa shape index (κ1) is 29.2. The Balaban J connectivity index is 1.44. The van der Waals surface area contributed by atoms with Crippen LogP contribution in [-0.2, 0) is 4.79 Å². The summed E-state index contributed by atoms with van der Waals surface area (Å²) in [6.45, 7) is 0.275. The zero-order valence-electron chi connectivity index (χ0n) is 21.7. The van der Waals surface area contributed by atoms with E-state index in [9.17, 15) is 14.4 Å². The van der Waals surface area contributed by atoms with Crippen LogP contribution in [0.5, 0.6) is 23.0 Å². The van der Waals surface area contributed by atoms with Crippen LogP contribution >= 0.6 is 15.9 Å². The predicted octanol–water partition coefficient (Wildman–Crippen LogP) is 4.35. The number of hydrazone groups is 1. The molecule has 0 aromatic heterocycles. The standard InChI is InChI=1S/C28H28BrN3O7/c1-36-23-15-19(16-24(37-2)26(23)38-3)27(34)30-13-7-12-25(33)32-31-17-18-8-6-9-20(14-18)39-28(35)21-10-4-5-11-22(21)29/h4-6,8-11,14-17H,7,12-13H2,1-3H3,(H,30,34)(H,32,33). The second-order valence-electron chi connectivity index (χ2n) is 8.01. The third-order valence-corrected chi connectivity index (χ3v) is 6.05. The minimum absolute atomic E-state index is 0.149. The first-order chi connectivity index (χ1) is 18.9. The Bertz CT molecular complexity index is 1340. The Morgan fingerprint density at radius 2 is 1.64 bits per heavy atom. The van der Waals surface area contributed by atoms with Gasteiger partial charge in [0.2, 0.25) is 11.7 Å². The lowest BCUT2D eigenvalue weighted by atomic mass is 10.1. The van der Waals surface area contributed by atoms with E-state index in [1.54, 1.807) is 60.7 Å². The monoisotopic (exact) mass is 597 g/mol. The van der Waals surface area contributed by atoms with Crippen LogP contribution in [0.3, 0.4) is 0 Å². The number of nitrogens with one attached hydrogen (secondary N) is 2. The van der Waals surface area contributed by atoms with Gasteiger partial charge in [-0.25, -0.2) is 10.2 Å². The second-order valence-corrected chi connectivity index (χ2v) is 8.86. The number of nitrogens with zero attached hydrogens (tertiary/aromatic N) is 1. The highest BCUT2D eigenvalue weighted by molar-refractivity contribution is 9.10. The van der Waals surface area contributed by atoms with Crippen molar-refractivity contribution in [1.82, 2.24) is 10.7 Å². The smallest absolute Gasteiger partial charge is 0.344 e. The van der Waals surface area contributed by atoms with Crippen molar-refractivity contribution in [3.8, 4) is 23.0 Å². The zero-order valence-corrected chi connectivity index (χ0v) is 23.2. The summed E-state index contributed by atoms with van der Waals surface area (Å²) in [5.74, 6) is 0.315. The molecule has 0 heterocycles. The molecule has 0 spiro atoms. The third kappa shape index (κ3) is 8.30. The highest BCUT2D eigenvalue weighted by Crippen LogP contribution is 2.38. The molecule has 204 valence electrons. The second kappa shape index (κ2) is 14.5. The summed E-state index contributed by atoms with van der Waals surface area (Å²) in [7, 11) is 4.42. The van der Waals surface area contributed by atoms with E-state index in [-0.39, 0.29) is 24.8 Å². The summed E-state index contributed by atoms with van der Waals surface area (Å²) < 4.78 is 21.9. The maximum atomic E-state index is 12.5. The van der Waals surface area contributed by atoms with Crippen molar-refractivity contribution >= 4 is 39.9 Å². The van der Waals surface area contributed by atoms with E-state index < -0.39 is 5.97 Å². The Hall–Kier alpha value is -4.38. The lowest BCUT2D eigenvalue weighted by Crippen LogP contribution is -2.26. The van der Waals surface area contributed by atoms with E-state index in [0.717, 1.165) is 0 Å². The van der Waals surface area contributed by atoms with E-state index in [4.69, 9.17) is 18.9 Å².